The Morgan fingerprint density at radius 2 is 1.74 bits per heavy atom. The molecule has 2 aliphatic carbocycles. The third kappa shape index (κ3) is 4.19. The summed E-state index contributed by atoms with van der Waals surface area (Å²) in [5, 5.41) is 19.1. The lowest BCUT2D eigenvalue weighted by molar-refractivity contribution is 0.148. The average molecular weight is 481 g/mol. The zero-order valence-electron chi connectivity index (χ0n) is 20.5. The Kier molecular flexibility index (Phi) is 5.65. The van der Waals surface area contributed by atoms with Gasteiger partial charge in [0.25, 0.3) is 0 Å². The summed E-state index contributed by atoms with van der Waals surface area (Å²) in [7, 11) is 3.45. The molecule has 0 radical (unpaired) electrons. The fraction of sp³-hybridized carbons (Fsp3) is 0.444. The van der Waals surface area contributed by atoms with Gasteiger partial charge in [-0.05, 0) is 72.8 Å². The smallest absolute Gasteiger partial charge is 0.213 e. The molecule has 0 amide bonds. The van der Waals surface area contributed by atoms with Gasteiger partial charge in [-0.2, -0.15) is 0 Å². The predicted octanol–water partition coefficient (Wildman–Crippen LogP) is 5.99. The van der Waals surface area contributed by atoms with Crippen LogP contribution in [-0.4, -0.2) is 40.5 Å². The fourth-order valence-electron chi connectivity index (χ4n) is 6.23. The molecule has 3 atom stereocenters. The zero-order chi connectivity index (χ0) is 25.0. The van der Waals surface area contributed by atoms with Crippen LogP contribution in [0.3, 0.4) is 0 Å². The number of pyridine rings is 1. The quantitative estimate of drug-likeness (QED) is 0.483. The van der Waals surface area contributed by atoms with Gasteiger partial charge < -0.3 is 14.7 Å². The van der Waals surface area contributed by atoms with Crippen molar-refractivity contribution in [2.75, 3.05) is 19.1 Å². The van der Waals surface area contributed by atoms with Crippen LogP contribution in [0.5, 0.6) is 11.6 Å². The molecule has 0 spiro atoms. The van der Waals surface area contributed by atoms with Gasteiger partial charge in [-0.1, -0.05) is 13.8 Å². The van der Waals surface area contributed by atoms with E-state index in [1.165, 1.54) is 50.8 Å². The van der Waals surface area contributed by atoms with Crippen LogP contribution in [0.25, 0.3) is 22.4 Å². The van der Waals surface area contributed by atoms with Gasteiger partial charge in [0.15, 0.2) is 17.5 Å². The van der Waals surface area contributed by atoms with E-state index < -0.39 is 17.4 Å². The first-order valence-electron chi connectivity index (χ1n) is 11.9. The molecule has 3 aromatic rings. The maximum atomic E-state index is 15.1. The number of nitrogens with zero attached hydrogens (tertiary/aromatic N) is 4. The van der Waals surface area contributed by atoms with Crippen LogP contribution in [-0.2, 0) is 0 Å². The number of aromatic hydroxyl groups is 1. The molecule has 6 nitrogen and oxygen atoms in total. The minimum atomic E-state index is -1.18. The van der Waals surface area contributed by atoms with E-state index in [-0.39, 0.29) is 22.7 Å². The van der Waals surface area contributed by atoms with Gasteiger partial charge in [0, 0.05) is 30.9 Å². The van der Waals surface area contributed by atoms with Crippen molar-refractivity contribution in [1.82, 2.24) is 15.2 Å². The highest BCUT2D eigenvalue weighted by Crippen LogP contribution is 2.58. The summed E-state index contributed by atoms with van der Waals surface area (Å²) in [6.07, 6.45) is 7.40. The first-order valence-corrected chi connectivity index (χ1v) is 11.9. The number of fused-ring (bicyclic) bond motifs is 2. The average Bonchev–Trinajstić information content (AvgIpc) is 3.07. The van der Waals surface area contributed by atoms with Gasteiger partial charge in [-0.25, -0.2) is 13.8 Å². The molecule has 1 unspecified atom stereocenters. The highest BCUT2D eigenvalue weighted by Gasteiger charge is 2.50. The van der Waals surface area contributed by atoms with Crippen LogP contribution in [0, 0.1) is 22.5 Å². The van der Waals surface area contributed by atoms with E-state index in [9.17, 15) is 5.11 Å². The summed E-state index contributed by atoms with van der Waals surface area (Å²) in [5.74, 6) is -1.77. The van der Waals surface area contributed by atoms with Crippen molar-refractivity contribution in [3.8, 4) is 34.0 Å². The first-order chi connectivity index (χ1) is 16.6. The van der Waals surface area contributed by atoms with E-state index in [4.69, 9.17) is 4.74 Å². The van der Waals surface area contributed by atoms with E-state index in [0.717, 1.165) is 12.8 Å². The zero-order valence-corrected chi connectivity index (χ0v) is 20.5. The topological polar surface area (TPSA) is 71.4 Å². The summed E-state index contributed by atoms with van der Waals surface area (Å²) < 4.78 is 35.2. The van der Waals surface area contributed by atoms with Crippen LogP contribution >= 0.6 is 0 Å². The second-order valence-electron chi connectivity index (χ2n) is 10.8. The fourth-order valence-corrected chi connectivity index (χ4v) is 6.23. The number of methoxy groups -OCH3 is 1. The summed E-state index contributed by atoms with van der Waals surface area (Å²) in [6, 6.07) is 7.85. The summed E-state index contributed by atoms with van der Waals surface area (Å²) in [4.78, 5) is 6.12. The van der Waals surface area contributed by atoms with Crippen molar-refractivity contribution >= 4 is 5.82 Å². The van der Waals surface area contributed by atoms with E-state index in [2.05, 4.69) is 33.9 Å². The molecule has 5 rings (SSSR count). The number of phenolic OH excluding ortho intramolecular Hbond substituents is 1. The molecule has 0 saturated heterocycles. The van der Waals surface area contributed by atoms with Gasteiger partial charge >= 0.3 is 0 Å². The monoisotopic (exact) mass is 480 g/mol. The number of benzene rings is 1. The molecular formula is C27H30F2N4O2. The molecule has 2 saturated carbocycles. The SMILES string of the molecule is COc1cc(-c2cc(O)c(-c3ccc(N(C)C4C[C@]5(C)CC[C@](C)(C4)C5)nn3)c(F)c2F)ccn1. The van der Waals surface area contributed by atoms with Crippen molar-refractivity contribution in [3.63, 3.8) is 0 Å². The van der Waals surface area contributed by atoms with Gasteiger partial charge in [0.1, 0.15) is 5.75 Å². The number of hydrogen-bond donors (Lipinski definition) is 1. The molecule has 2 aliphatic rings. The molecule has 2 bridgehead atoms. The Morgan fingerprint density at radius 3 is 2.37 bits per heavy atom. The van der Waals surface area contributed by atoms with Crippen LogP contribution in [0.2, 0.25) is 0 Å². The third-order valence-electron chi connectivity index (χ3n) is 7.90. The lowest BCUT2D eigenvalue weighted by Gasteiger charge is -2.44. The second-order valence-corrected chi connectivity index (χ2v) is 10.8. The molecule has 184 valence electrons. The highest BCUT2D eigenvalue weighted by atomic mass is 19.2. The van der Waals surface area contributed by atoms with Crippen molar-refractivity contribution in [2.24, 2.45) is 10.8 Å². The van der Waals surface area contributed by atoms with Crippen molar-refractivity contribution in [1.29, 1.82) is 0 Å². The molecule has 1 aromatic carbocycles. The van der Waals surface area contributed by atoms with Crippen LogP contribution in [0.4, 0.5) is 14.6 Å². The largest absolute Gasteiger partial charge is 0.507 e. The van der Waals surface area contributed by atoms with E-state index >= 15 is 8.78 Å². The van der Waals surface area contributed by atoms with Crippen LogP contribution in [0.15, 0.2) is 36.5 Å². The van der Waals surface area contributed by atoms with Crippen LogP contribution < -0.4 is 9.64 Å². The minimum Gasteiger partial charge on any atom is -0.507 e. The van der Waals surface area contributed by atoms with E-state index in [0.29, 0.717) is 28.3 Å². The Balaban J connectivity index is 1.43. The number of aromatic nitrogens is 3. The standard InChI is InChI=1S/C27H30F2N4O2/c1-26-8-9-27(2,15-26)14-17(13-26)33(3)21-6-5-19(31-32-21)23-20(34)12-18(24(28)25(23)29)16-7-10-30-22(11-16)35-4/h5-7,10-12,17,34H,8-9,13-15H2,1-4H3/t17?,26-,27+. The van der Waals surface area contributed by atoms with E-state index in [1.54, 1.807) is 12.1 Å². The van der Waals surface area contributed by atoms with Crippen molar-refractivity contribution < 1.29 is 18.6 Å². The van der Waals surface area contributed by atoms with Gasteiger partial charge in [-0.3, -0.25) is 0 Å². The van der Waals surface area contributed by atoms with Gasteiger partial charge in [0.2, 0.25) is 5.88 Å². The molecular weight excluding hydrogens is 450 g/mol. The van der Waals surface area contributed by atoms with Crippen LogP contribution in [0.1, 0.15) is 46.0 Å². The Morgan fingerprint density at radius 1 is 1.03 bits per heavy atom. The van der Waals surface area contributed by atoms with E-state index in [1.807, 2.05) is 7.05 Å². The summed E-state index contributed by atoms with van der Waals surface area (Å²) in [6.45, 7) is 4.75. The molecule has 8 heteroatoms. The molecule has 2 aromatic heterocycles. The molecule has 0 aliphatic heterocycles. The highest BCUT2D eigenvalue weighted by molar-refractivity contribution is 5.76. The van der Waals surface area contributed by atoms with Crippen molar-refractivity contribution in [2.45, 2.75) is 52.0 Å². The lowest BCUT2D eigenvalue weighted by Crippen LogP contribution is -2.42. The number of hydrogen-bond acceptors (Lipinski definition) is 6. The molecule has 2 heterocycles. The number of anilines is 1. The number of phenols is 1. The summed E-state index contributed by atoms with van der Waals surface area (Å²) in [5.41, 5.74) is 0.700. The Bertz CT molecular complexity index is 1250. The number of halogens is 2. The predicted molar refractivity (Wildman–Crippen MR) is 130 cm³/mol. The minimum absolute atomic E-state index is 0.0672. The summed E-state index contributed by atoms with van der Waals surface area (Å²) >= 11 is 0. The van der Waals surface area contributed by atoms with Gasteiger partial charge in [-0.15, -0.1) is 10.2 Å². The number of rotatable bonds is 5. The maximum absolute atomic E-state index is 15.1. The lowest BCUT2D eigenvalue weighted by atomic mass is 9.68. The maximum Gasteiger partial charge on any atom is 0.213 e. The third-order valence-corrected chi connectivity index (χ3v) is 7.90. The Labute approximate surface area is 204 Å². The molecule has 2 fully saturated rings. The number of ether oxygens (including phenoxy) is 1. The van der Waals surface area contributed by atoms with Gasteiger partial charge in [0.05, 0.1) is 18.4 Å². The molecule has 35 heavy (non-hydrogen) atoms. The Hall–Kier alpha value is -3.29. The first kappa shape index (κ1) is 23.5. The second kappa shape index (κ2) is 8.43. The normalized spacial score (nSPS) is 25.5. The molecule has 1 N–H and O–H groups in total. The van der Waals surface area contributed by atoms with Crippen molar-refractivity contribution in [3.05, 3.63) is 48.2 Å².